The maximum atomic E-state index is 9.94. The number of hydrogen-bond donors (Lipinski definition) is 1. The molecule has 0 aromatic heterocycles. The first-order valence-electron chi connectivity index (χ1n) is 6.25. The van der Waals surface area contributed by atoms with Gasteiger partial charge in [0.2, 0.25) is 0 Å². The highest BCUT2D eigenvalue weighted by molar-refractivity contribution is 6.30. The summed E-state index contributed by atoms with van der Waals surface area (Å²) in [6, 6.07) is 8.57. The Hall–Kier alpha value is -0.570. The molecule has 1 aliphatic rings. The van der Waals surface area contributed by atoms with E-state index in [0.717, 1.165) is 24.3 Å². The van der Waals surface area contributed by atoms with Gasteiger partial charge in [-0.1, -0.05) is 23.7 Å². The fraction of sp³-hybridized carbons (Fsp3) is 0.571. The standard InChI is InChI=1S/C14H20ClNO/c1-10(11-6-8-12(15)9-7-11)16(2)13-4-3-5-14(13)17/h6-10,13-14,17H,3-5H2,1-2H3/t10?,13-,14-/m1/s1. The molecule has 94 valence electrons. The number of benzene rings is 1. The molecule has 0 saturated heterocycles. The van der Waals surface area contributed by atoms with Crippen molar-refractivity contribution in [2.45, 2.75) is 44.4 Å². The zero-order chi connectivity index (χ0) is 12.4. The van der Waals surface area contributed by atoms with Crippen LogP contribution in [0.2, 0.25) is 5.02 Å². The van der Waals surface area contributed by atoms with Crippen molar-refractivity contribution in [3.63, 3.8) is 0 Å². The van der Waals surface area contributed by atoms with Crippen molar-refractivity contribution in [3.8, 4) is 0 Å². The summed E-state index contributed by atoms with van der Waals surface area (Å²) in [5.74, 6) is 0. The molecule has 0 amide bonds. The number of nitrogens with zero attached hydrogens (tertiary/aromatic N) is 1. The highest BCUT2D eigenvalue weighted by Gasteiger charge is 2.31. The molecule has 2 rings (SSSR count). The van der Waals surface area contributed by atoms with Gasteiger partial charge in [0.05, 0.1) is 6.10 Å². The summed E-state index contributed by atoms with van der Waals surface area (Å²) in [6.45, 7) is 2.17. The Balaban J connectivity index is 2.08. The zero-order valence-corrected chi connectivity index (χ0v) is 11.2. The van der Waals surface area contributed by atoms with Gasteiger partial charge in [0, 0.05) is 17.1 Å². The van der Waals surface area contributed by atoms with Gasteiger partial charge in [0.1, 0.15) is 0 Å². The van der Waals surface area contributed by atoms with E-state index >= 15 is 0 Å². The normalized spacial score (nSPS) is 26.4. The number of likely N-dealkylation sites (N-methyl/N-ethyl adjacent to an activating group) is 1. The van der Waals surface area contributed by atoms with Crippen LogP contribution in [0.3, 0.4) is 0 Å². The van der Waals surface area contributed by atoms with Crippen LogP contribution in [0.5, 0.6) is 0 Å². The fourth-order valence-corrected chi connectivity index (χ4v) is 2.79. The first kappa shape index (κ1) is 12.9. The van der Waals surface area contributed by atoms with Crippen LogP contribution in [0.4, 0.5) is 0 Å². The molecule has 0 spiro atoms. The maximum Gasteiger partial charge on any atom is 0.0695 e. The summed E-state index contributed by atoms with van der Waals surface area (Å²) in [5.41, 5.74) is 1.25. The number of aliphatic hydroxyl groups is 1. The lowest BCUT2D eigenvalue weighted by molar-refractivity contribution is 0.0655. The Labute approximate surface area is 108 Å². The van der Waals surface area contributed by atoms with E-state index < -0.39 is 0 Å². The van der Waals surface area contributed by atoms with Crippen LogP contribution < -0.4 is 0 Å². The van der Waals surface area contributed by atoms with E-state index in [1.165, 1.54) is 5.56 Å². The van der Waals surface area contributed by atoms with Crippen LogP contribution in [0, 0.1) is 0 Å². The molecule has 1 unspecified atom stereocenters. The topological polar surface area (TPSA) is 23.5 Å². The number of hydrogen-bond acceptors (Lipinski definition) is 2. The molecule has 0 heterocycles. The lowest BCUT2D eigenvalue weighted by Gasteiger charge is -2.32. The molecule has 0 aliphatic heterocycles. The van der Waals surface area contributed by atoms with Crippen molar-refractivity contribution >= 4 is 11.6 Å². The lowest BCUT2D eigenvalue weighted by Crippen LogP contribution is -2.39. The van der Waals surface area contributed by atoms with Gasteiger partial charge in [-0.2, -0.15) is 0 Å². The Morgan fingerprint density at radius 3 is 2.47 bits per heavy atom. The van der Waals surface area contributed by atoms with Gasteiger partial charge in [0.25, 0.3) is 0 Å². The lowest BCUT2D eigenvalue weighted by atomic mass is 10.0. The number of halogens is 1. The molecule has 1 aromatic rings. The van der Waals surface area contributed by atoms with Crippen LogP contribution in [-0.4, -0.2) is 29.2 Å². The molecule has 1 aromatic carbocycles. The monoisotopic (exact) mass is 253 g/mol. The van der Waals surface area contributed by atoms with Crippen LogP contribution in [0.15, 0.2) is 24.3 Å². The third kappa shape index (κ3) is 2.82. The maximum absolute atomic E-state index is 9.94. The van der Waals surface area contributed by atoms with Crippen LogP contribution >= 0.6 is 11.6 Å². The second-order valence-corrected chi connectivity index (χ2v) is 5.40. The molecule has 17 heavy (non-hydrogen) atoms. The van der Waals surface area contributed by atoms with Crippen molar-refractivity contribution in [2.24, 2.45) is 0 Å². The van der Waals surface area contributed by atoms with Gasteiger partial charge in [-0.15, -0.1) is 0 Å². The summed E-state index contributed by atoms with van der Waals surface area (Å²) in [4.78, 5) is 2.28. The predicted molar refractivity (Wildman–Crippen MR) is 71.3 cm³/mol. The summed E-state index contributed by atoms with van der Waals surface area (Å²) in [5, 5.41) is 10.7. The molecule has 1 N–H and O–H groups in total. The van der Waals surface area contributed by atoms with Gasteiger partial charge in [-0.3, -0.25) is 4.90 Å². The Bertz CT molecular complexity index is 365. The summed E-state index contributed by atoms with van der Waals surface area (Å²) >= 11 is 5.89. The van der Waals surface area contributed by atoms with E-state index in [-0.39, 0.29) is 6.10 Å². The number of aliphatic hydroxyl groups excluding tert-OH is 1. The highest BCUT2D eigenvalue weighted by atomic mass is 35.5. The van der Waals surface area contributed by atoms with Crippen LogP contribution in [-0.2, 0) is 0 Å². The Morgan fingerprint density at radius 1 is 1.29 bits per heavy atom. The molecule has 3 atom stereocenters. The average molecular weight is 254 g/mol. The smallest absolute Gasteiger partial charge is 0.0695 e. The minimum absolute atomic E-state index is 0.172. The molecule has 3 heteroatoms. The van der Waals surface area contributed by atoms with Crippen molar-refractivity contribution < 1.29 is 5.11 Å². The van der Waals surface area contributed by atoms with Gasteiger partial charge in [0.15, 0.2) is 0 Å². The molecule has 0 radical (unpaired) electrons. The third-order valence-corrected chi connectivity index (χ3v) is 4.18. The molecule has 1 aliphatic carbocycles. The quantitative estimate of drug-likeness (QED) is 0.894. The Kier molecular flexibility index (Phi) is 4.08. The van der Waals surface area contributed by atoms with Crippen molar-refractivity contribution in [1.82, 2.24) is 4.90 Å². The number of rotatable bonds is 3. The van der Waals surface area contributed by atoms with E-state index in [0.29, 0.717) is 12.1 Å². The second-order valence-electron chi connectivity index (χ2n) is 4.96. The van der Waals surface area contributed by atoms with Crippen molar-refractivity contribution in [2.75, 3.05) is 7.05 Å². The first-order chi connectivity index (χ1) is 8.09. The summed E-state index contributed by atoms with van der Waals surface area (Å²) in [6.07, 6.45) is 2.98. The van der Waals surface area contributed by atoms with Gasteiger partial charge in [-0.05, 0) is 50.9 Å². The molecular formula is C14H20ClNO. The van der Waals surface area contributed by atoms with Crippen LogP contribution in [0.1, 0.15) is 37.8 Å². The van der Waals surface area contributed by atoms with E-state index in [9.17, 15) is 5.11 Å². The highest BCUT2D eigenvalue weighted by Crippen LogP contribution is 2.30. The minimum Gasteiger partial charge on any atom is -0.391 e. The summed E-state index contributed by atoms with van der Waals surface area (Å²) < 4.78 is 0. The molecule has 1 fully saturated rings. The third-order valence-electron chi connectivity index (χ3n) is 3.93. The second kappa shape index (κ2) is 5.38. The van der Waals surface area contributed by atoms with Gasteiger partial charge in [-0.25, -0.2) is 0 Å². The molecular weight excluding hydrogens is 234 g/mol. The SMILES string of the molecule is CC(c1ccc(Cl)cc1)N(C)[C@@H]1CCC[C@H]1O. The van der Waals surface area contributed by atoms with E-state index in [1.807, 2.05) is 12.1 Å². The van der Waals surface area contributed by atoms with E-state index in [4.69, 9.17) is 11.6 Å². The van der Waals surface area contributed by atoms with E-state index in [1.54, 1.807) is 0 Å². The average Bonchev–Trinajstić information content (AvgIpc) is 2.74. The molecule has 2 nitrogen and oxygen atoms in total. The molecule has 1 saturated carbocycles. The van der Waals surface area contributed by atoms with Gasteiger partial charge >= 0.3 is 0 Å². The van der Waals surface area contributed by atoms with Crippen LogP contribution in [0.25, 0.3) is 0 Å². The predicted octanol–water partition coefficient (Wildman–Crippen LogP) is 3.25. The van der Waals surface area contributed by atoms with Gasteiger partial charge < -0.3 is 5.11 Å². The zero-order valence-electron chi connectivity index (χ0n) is 10.4. The van der Waals surface area contributed by atoms with E-state index in [2.05, 4.69) is 31.0 Å². The largest absolute Gasteiger partial charge is 0.391 e. The molecule has 0 bridgehead atoms. The summed E-state index contributed by atoms with van der Waals surface area (Å²) in [7, 11) is 2.10. The Morgan fingerprint density at radius 2 is 1.94 bits per heavy atom. The fourth-order valence-electron chi connectivity index (χ4n) is 2.66. The first-order valence-corrected chi connectivity index (χ1v) is 6.63. The minimum atomic E-state index is -0.172. The van der Waals surface area contributed by atoms with Crippen molar-refractivity contribution in [3.05, 3.63) is 34.9 Å². The van der Waals surface area contributed by atoms with Crippen molar-refractivity contribution in [1.29, 1.82) is 0 Å².